The predicted molar refractivity (Wildman–Crippen MR) is 64.1 cm³/mol. The standard InChI is InChI=1S/C11H14BrClO/c12-11(6-2-1-3-7-11)10(9-13)5-4-8-14/h1-3,6,8,10H,4-5,7,9H2. The first-order valence-corrected chi connectivity index (χ1v) is 6.08. The van der Waals surface area contributed by atoms with Crippen molar-refractivity contribution in [1.29, 1.82) is 0 Å². The quantitative estimate of drug-likeness (QED) is 0.555. The largest absolute Gasteiger partial charge is 0.303 e. The summed E-state index contributed by atoms with van der Waals surface area (Å²) in [5.74, 6) is 0.896. The van der Waals surface area contributed by atoms with E-state index in [1.807, 2.05) is 12.2 Å². The van der Waals surface area contributed by atoms with Gasteiger partial charge in [-0.05, 0) is 18.8 Å². The van der Waals surface area contributed by atoms with Crippen LogP contribution in [0.2, 0.25) is 0 Å². The summed E-state index contributed by atoms with van der Waals surface area (Å²) in [6.45, 7) is 0. The molecule has 0 fully saturated rings. The maximum Gasteiger partial charge on any atom is 0.120 e. The van der Waals surface area contributed by atoms with Crippen LogP contribution in [0.3, 0.4) is 0 Å². The maximum atomic E-state index is 10.3. The molecular formula is C11H14BrClO. The number of rotatable bonds is 5. The van der Waals surface area contributed by atoms with Gasteiger partial charge in [-0.25, -0.2) is 0 Å². The molecule has 78 valence electrons. The summed E-state index contributed by atoms with van der Waals surface area (Å²) in [6, 6.07) is 0. The van der Waals surface area contributed by atoms with E-state index in [1.165, 1.54) is 0 Å². The van der Waals surface area contributed by atoms with Gasteiger partial charge < -0.3 is 4.79 Å². The molecule has 1 aliphatic rings. The molecule has 2 atom stereocenters. The van der Waals surface area contributed by atoms with Gasteiger partial charge in [0, 0.05) is 12.3 Å². The van der Waals surface area contributed by atoms with Crippen molar-refractivity contribution in [2.45, 2.75) is 23.6 Å². The summed E-state index contributed by atoms with van der Waals surface area (Å²) in [4.78, 5) is 10.3. The summed E-state index contributed by atoms with van der Waals surface area (Å²) in [5.41, 5.74) is 0. The van der Waals surface area contributed by atoms with E-state index in [0.717, 1.165) is 19.1 Å². The zero-order valence-electron chi connectivity index (χ0n) is 7.96. The van der Waals surface area contributed by atoms with E-state index < -0.39 is 0 Å². The van der Waals surface area contributed by atoms with Gasteiger partial charge in [-0.1, -0.05) is 40.2 Å². The third-order valence-electron chi connectivity index (χ3n) is 2.55. The Morgan fingerprint density at radius 1 is 1.57 bits per heavy atom. The summed E-state index contributed by atoms with van der Waals surface area (Å²) >= 11 is 9.64. The van der Waals surface area contributed by atoms with Crippen molar-refractivity contribution in [1.82, 2.24) is 0 Å². The molecule has 0 heterocycles. The lowest BCUT2D eigenvalue weighted by atomic mass is 9.85. The average molecular weight is 278 g/mol. The number of carbonyl (C=O) groups excluding carboxylic acids is 1. The van der Waals surface area contributed by atoms with E-state index in [9.17, 15) is 4.79 Å². The van der Waals surface area contributed by atoms with Crippen LogP contribution in [0.15, 0.2) is 24.3 Å². The van der Waals surface area contributed by atoms with E-state index >= 15 is 0 Å². The van der Waals surface area contributed by atoms with Crippen molar-refractivity contribution in [2.24, 2.45) is 5.92 Å². The Morgan fingerprint density at radius 3 is 2.86 bits per heavy atom. The molecule has 2 unspecified atom stereocenters. The molecule has 0 amide bonds. The normalized spacial score (nSPS) is 27.6. The minimum atomic E-state index is -0.0491. The second kappa shape index (κ2) is 5.72. The van der Waals surface area contributed by atoms with Crippen LogP contribution in [0.5, 0.6) is 0 Å². The summed E-state index contributed by atoms with van der Waals surface area (Å²) in [7, 11) is 0. The summed E-state index contributed by atoms with van der Waals surface area (Å²) in [6.07, 6.45) is 11.6. The van der Waals surface area contributed by atoms with E-state index in [1.54, 1.807) is 0 Å². The van der Waals surface area contributed by atoms with Gasteiger partial charge >= 0.3 is 0 Å². The molecule has 0 saturated heterocycles. The van der Waals surface area contributed by atoms with Crippen molar-refractivity contribution >= 4 is 33.8 Å². The number of carbonyl (C=O) groups is 1. The predicted octanol–water partition coefficient (Wildman–Crippen LogP) is 3.47. The molecule has 0 spiro atoms. The number of halogens is 2. The van der Waals surface area contributed by atoms with Crippen molar-refractivity contribution in [3.05, 3.63) is 24.3 Å². The van der Waals surface area contributed by atoms with Crippen LogP contribution in [0.4, 0.5) is 0 Å². The molecule has 0 saturated carbocycles. The molecule has 0 aliphatic heterocycles. The fraction of sp³-hybridized carbons (Fsp3) is 0.545. The molecule has 3 heteroatoms. The molecule has 14 heavy (non-hydrogen) atoms. The van der Waals surface area contributed by atoms with Crippen LogP contribution in [-0.2, 0) is 4.79 Å². The van der Waals surface area contributed by atoms with Crippen LogP contribution in [-0.4, -0.2) is 16.5 Å². The fourth-order valence-corrected chi connectivity index (χ4v) is 2.97. The monoisotopic (exact) mass is 276 g/mol. The van der Waals surface area contributed by atoms with Crippen LogP contribution in [0.1, 0.15) is 19.3 Å². The first-order valence-electron chi connectivity index (χ1n) is 4.76. The first-order chi connectivity index (χ1) is 6.73. The van der Waals surface area contributed by atoms with E-state index in [0.29, 0.717) is 18.2 Å². The Kier molecular flexibility index (Phi) is 4.90. The molecule has 1 aliphatic carbocycles. The van der Waals surface area contributed by atoms with E-state index in [2.05, 4.69) is 28.1 Å². The Hall–Kier alpha value is -0.0800. The van der Waals surface area contributed by atoms with Gasteiger partial charge in [-0.15, -0.1) is 11.6 Å². The minimum Gasteiger partial charge on any atom is -0.303 e. The highest BCUT2D eigenvalue weighted by Crippen LogP contribution is 2.38. The Balaban J connectivity index is 2.62. The zero-order chi connectivity index (χ0) is 10.4. The van der Waals surface area contributed by atoms with E-state index in [4.69, 9.17) is 11.6 Å². The van der Waals surface area contributed by atoms with Crippen LogP contribution < -0.4 is 0 Å². The van der Waals surface area contributed by atoms with Gasteiger partial charge in [-0.2, -0.15) is 0 Å². The van der Waals surface area contributed by atoms with Gasteiger partial charge in [0.05, 0.1) is 4.32 Å². The molecule has 0 aromatic carbocycles. The van der Waals surface area contributed by atoms with Crippen molar-refractivity contribution in [3.8, 4) is 0 Å². The fourth-order valence-electron chi connectivity index (χ4n) is 1.63. The highest BCUT2D eigenvalue weighted by atomic mass is 79.9. The molecule has 0 N–H and O–H groups in total. The third kappa shape index (κ3) is 2.96. The van der Waals surface area contributed by atoms with Gasteiger partial charge in [0.1, 0.15) is 6.29 Å². The Labute approximate surface area is 98.3 Å². The molecular weight excluding hydrogens is 263 g/mol. The SMILES string of the molecule is O=CCCC(CCl)C1(Br)C=CC=CC1. The highest BCUT2D eigenvalue weighted by Gasteiger charge is 2.32. The van der Waals surface area contributed by atoms with Crippen molar-refractivity contribution in [2.75, 3.05) is 5.88 Å². The lowest BCUT2D eigenvalue weighted by Crippen LogP contribution is -2.31. The number of allylic oxidation sites excluding steroid dienone is 4. The second-order valence-electron chi connectivity index (χ2n) is 3.51. The van der Waals surface area contributed by atoms with Crippen molar-refractivity contribution < 1.29 is 4.79 Å². The molecule has 0 aromatic heterocycles. The van der Waals surface area contributed by atoms with Gasteiger partial charge in [0.2, 0.25) is 0 Å². The minimum absolute atomic E-state index is 0.0491. The van der Waals surface area contributed by atoms with Crippen LogP contribution in [0, 0.1) is 5.92 Å². The zero-order valence-corrected chi connectivity index (χ0v) is 10.3. The van der Waals surface area contributed by atoms with E-state index in [-0.39, 0.29) is 4.32 Å². The van der Waals surface area contributed by atoms with Crippen LogP contribution >= 0.6 is 27.5 Å². The molecule has 1 nitrogen and oxygen atoms in total. The first kappa shape index (κ1) is 12.0. The average Bonchev–Trinajstić information content (AvgIpc) is 2.20. The number of alkyl halides is 2. The van der Waals surface area contributed by atoms with Gasteiger partial charge in [-0.3, -0.25) is 0 Å². The molecule has 0 bridgehead atoms. The maximum absolute atomic E-state index is 10.3. The molecule has 1 rings (SSSR count). The Morgan fingerprint density at radius 2 is 2.36 bits per heavy atom. The number of hydrogen-bond donors (Lipinski definition) is 0. The summed E-state index contributed by atoms with van der Waals surface area (Å²) in [5, 5.41) is 0. The highest BCUT2D eigenvalue weighted by molar-refractivity contribution is 9.10. The van der Waals surface area contributed by atoms with Gasteiger partial charge in [0.25, 0.3) is 0 Å². The lowest BCUT2D eigenvalue weighted by Gasteiger charge is -2.32. The lowest BCUT2D eigenvalue weighted by molar-refractivity contribution is -0.108. The molecule has 0 aromatic rings. The second-order valence-corrected chi connectivity index (χ2v) is 5.30. The topological polar surface area (TPSA) is 17.1 Å². The smallest absolute Gasteiger partial charge is 0.120 e. The number of hydrogen-bond acceptors (Lipinski definition) is 1. The van der Waals surface area contributed by atoms with Crippen LogP contribution in [0.25, 0.3) is 0 Å². The molecule has 0 radical (unpaired) electrons. The van der Waals surface area contributed by atoms with Crippen molar-refractivity contribution in [3.63, 3.8) is 0 Å². The Bertz CT molecular complexity index is 250. The van der Waals surface area contributed by atoms with Gasteiger partial charge in [0.15, 0.2) is 0 Å². The third-order valence-corrected chi connectivity index (χ3v) is 4.16. The number of aldehydes is 1. The summed E-state index contributed by atoms with van der Waals surface area (Å²) < 4.78 is -0.0491.